The second-order valence-electron chi connectivity index (χ2n) is 4.08. The molecule has 1 saturated heterocycles. The topological polar surface area (TPSA) is 32.3 Å². The van der Waals surface area contributed by atoms with Crippen molar-refractivity contribution in [3.63, 3.8) is 0 Å². The molecule has 1 aromatic rings. The maximum Gasteiger partial charge on any atom is 0.224 e. The van der Waals surface area contributed by atoms with Gasteiger partial charge in [-0.25, -0.2) is 0 Å². The maximum atomic E-state index is 11.7. The van der Waals surface area contributed by atoms with Crippen LogP contribution in [-0.2, 0) is 4.79 Å². The number of halogens is 1. The van der Waals surface area contributed by atoms with Gasteiger partial charge in [0.2, 0.25) is 5.91 Å². The number of carbonyl (C=O) groups is 1. The van der Waals surface area contributed by atoms with E-state index in [9.17, 15) is 4.79 Å². The molecule has 0 saturated carbocycles. The van der Waals surface area contributed by atoms with Crippen molar-refractivity contribution in [1.29, 1.82) is 0 Å². The van der Waals surface area contributed by atoms with Crippen molar-refractivity contribution >= 4 is 17.5 Å². The van der Waals surface area contributed by atoms with Crippen LogP contribution in [0.3, 0.4) is 0 Å². The van der Waals surface area contributed by atoms with Gasteiger partial charge in [0, 0.05) is 37.6 Å². The summed E-state index contributed by atoms with van der Waals surface area (Å²) in [4.78, 5) is 13.5. The van der Waals surface area contributed by atoms with Crippen LogP contribution in [0.5, 0.6) is 0 Å². The first-order valence-electron chi connectivity index (χ1n) is 5.39. The third-order valence-corrected chi connectivity index (χ3v) is 3.13. The zero-order chi connectivity index (χ0) is 11.5. The highest BCUT2D eigenvalue weighted by Crippen LogP contribution is 2.22. The van der Waals surface area contributed by atoms with E-state index in [0.29, 0.717) is 11.4 Å². The number of nitrogens with one attached hydrogen (secondary N) is 1. The fourth-order valence-electron chi connectivity index (χ4n) is 1.89. The number of benzene rings is 1. The van der Waals surface area contributed by atoms with E-state index >= 15 is 0 Å². The summed E-state index contributed by atoms with van der Waals surface area (Å²) in [7, 11) is 1.84. The minimum atomic E-state index is 0.0798. The summed E-state index contributed by atoms with van der Waals surface area (Å²) in [5, 5.41) is 4.08. The van der Waals surface area contributed by atoms with Crippen LogP contribution in [0.2, 0.25) is 5.02 Å². The minimum Gasteiger partial charge on any atom is -0.344 e. The zero-order valence-electron chi connectivity index (χ0n) is 9.24. The minimum absolute atomic E-state index is 0.0798. The van der Waals surface area contributed by atoms with Gasteiger partial charge in [0.25, 0.3) is 0 Å². The Labute approximate surface area is 100 Å². The molecule has 1 unspecified atom stereocenters. The summed E-state index contributed by atoms with van der Waals surface area (Å²) < 4.78 is 0. The number of amides is 1. The molecule has 1 aromatic carbocycles. The number of likely N-dealkylation sites (N-methyl/N-ethyl adjacent to an activating group) is 1. The molecule has 0 bridgehead atoms. The van der Waals surface area contributed by atoms with Crippen molar-refractivity contribution in [3.05, 3.63) is 34.9 Å². The van der Waals surface area contributed by atoms with E-state index in [2.05, 4.69) is 5.32 Å². The smallest absolute Gasteiger partial charge is 0.224 e. The van der Waals surface area contributed by atoms with E-state index in [-0.39, 0.29) is 11.9 Å². The Morgan fingerprint density at radius 1 is 1.50 bits per heavy atom. The summed E-state index contributed by atoms with van der Waals surface area (Å²) in [5.41, 5.74) is 1.08. The van der Waals surface area contributed by atoms with Crippen molar-refractivity contribution in [3.8, 4) is 0 Å². The first-order chi connectivity index (χ1) is 7.66. The first kappa shape index (κ1) is 11.4. The van der Waals surface area contributed by atoms with Crippen LogP contribution in [0.15, 0.2) is 24.3 Å². The lowest BCUT2D eigenvalue weighted by Crippen LogP contribution is -2.27. The Kier molecular flexibility index (Phi) is 3.46. The monoisotopic (exact) mass is 238 g/mol. The molecule has 3 nitrogen and oxygen atoms in total. The summed E-state index contributed by atoms with van der Waals surface area (Å²) in [5.74, 6) is 0.176. The standard InChI is InChI=1S/C12H15ClN2O/c1-15-6-5-14-11(8-12(15)16)9-3-2-4-10(13)7-9/h2-4,7,11,14H,5-6,8H2,1H3. The van der Waals surface area contributed by atoms with E-state index < -0.39 is 0 Å². The van der Waals surface area contributed by atoms with Crippen molar-refractivity contribution in [2.24, 2.45) is 0 Å². The van der Waals surface area contributed by atoms with Crippen LogP contribution in [0, 0.1) is 0 Å². The number of nitrogens with zero attached hydrogens (tertiary/aromatic N) is 1. The molecule has 1 aliphatic rings. The Balaban J connectivity index is 2.18. The highest BCUT2D eigenvalue weighted by atomic mass is 35.5. The summed E-state index contributed by atoms with van der Waals surface area (Å²) in [6.07, 6.45) is 0.497. The molecule has 1 aliphatic heterocycles. The third kappa shape index (κ3) is 2.54. The predicted octanol–water partition coefficient (Wildman–Crippen LogP) is 1.83. The van der Waals surface area contributed by atoms with Gasteiger partial charge in [-0.3, -0.25) is 4.79 Å². The summed E-state index contributed by atoms with van der Waals surface area (Å²) in [6, 6.07) is 7.75. The van der Waals surface area contributed by atoms with Gasteiger partial charge in [0.05, 0.1) is 0 Å². The average molecular weight is 239 g/mol. The lowest BCUT2D eigenvalue weighted by atomic mass is 10.0. The molecule has 0 radical (unpaired) electrons. The number of hydrogen-bond acceptors (Lipinski definition) is 2. The van der Waals surface area contributed by atoms with E-state index in [1.165, 1.54) is 0 Å². The number of hydrogen-bond donors (Lipinski definition) is 1. The van der Waals surface area contributed by atoms with Crippen LogP contribution in [0.1, 0.15) is 18.0 Å². The molecule has 0 aromatic heterocycles. The Morgan fingerprint density at radius 2 is 2.31 bits per heavy atom. The lowest BCUT2D eigenvalue weighted by molar-refractivity contribution is -0.129. The molecule has 1 N–H and O–H groups in total. The normalized spacial score (nSPS) is 22.0. The lowest BCUT2D eigenvalue weighted by Gasteiger charge is -2.15. The zero-order valence-corrected chi connectivity index (χ0v) is 10.00. The van der Waals surface area contributed by atoms with Gasteiger partial charge in [0.15, 0.2) is 0 Å². The second kappa shape index (κ2) is 4.85. The third-order valence-electron chi connectivity index (χ3n) is 2.89. The molecule has 0 spiro atoms. The highest BCUT2D eigenvalue weighted by molar-refractivity contribution is 6.30. The molecular formula is C12H15ClN2O. The molecule has 0 aliphatic carbocycles. The molecule has 1 atom stereocenters. The molecular weight excluding hydrogens is 224 g/mol. The fourth-order valence-corrected chi connectivity index (χ4v) is 2.09. The Morgan fingerprint density at radius 3 is 3.06 bits per heavy atom. The quantitative estimate of drug-likeness (QED) is 0.810. The molecule has 16 heavy (non-hydrogen) atoms. The molecule has 86 valence electrons. The summed E-state index contributed by atoms with van der Waals surface area (Å²) >= 11 is 5.95. The molecule has 4 heteroatoms. The van der Waals surface area contributed by atoms with E-state index in [4.69, 9.17) is 11.6 Å². The second-order valence-corrected chi connectivity index (χ2v) is 4.52. The fraction of sp³-hybridized carbons (Fsp3) is 0.417. The maximum absolute atomic E-state index is 11.7. The van der Waals surface area contributed by atoms with Gasteiger partial charge in [-0.1, -0.05) is 23.7 Å². The van der Waals surface area contributed by atoms with E-state index in [0.717, 1.165) is 18.7 Å². The van der Waals surface area contributed by atoms with Gasteiger partial charge in [0.1, 0.15) is 0 Å². The number of rotatable bonds is 1. The van der Waals surface area contributed by atoms with E-state index in [1.54, 1.807) is 4.90 Å². The Bertz CT molecular complexity index is 394. The highest BCUT2D eigenvalue weighted by Gasteiger charge is 2.21. The van der Waals surface area contributed by atoms with Crippen LogP contribution in [0.4, 0.5) is 0 Å². The first-order valence-corrected chi connectivity index (χ1v) is 5.77. The molecule has 2 rings (SSSR count). The van der Waals surface area contributed by atoms with Gasteiger partial charge in [-0.15, -0.1) is 0 Å². The Hall–Kier alpha value is -1.06. The van der Waals surface area contributed by atoms with Gasteiger partial charge >= 0.3 is 0 Å². The predicted molar refractivity (Wildman–Crippen MR) is 64.4 cm³/mol. The van der Waals surface area contributed by atoms with Gasteiger partial charge in [-0.05, 0) is 17.7 Å². The largest absolute Gasteiger partial charge is 0.344 e. The van der Waals surface area contributed by atoms with Gasteiger partial charge in [-0.2, -0.15) is 0 Å². The summed E-state index contributed by atoms with van der Waals surface area (Å²) in [6.45, 7) is 1.58. The molecule has 1 amide bonds. The number of carbonyl (C=O) groups excluding carboxylic acids is 1. The van der Waals surface area contributed by atoms with Gasteiger partial charge < -0.3 is 10.2 Å². The van der Waals surface area contributed by atoms with Crippen LogP contribution in [0.25, 0.3) is 0 Å². The molecule has 1 heterocycles. The van der Waals surface area contributed by atoms with Crippen LogP contribution in [-0.4, -0.2) is 30.9 Å². The van der Waals surface area contributed by atoms with Crippen molar-refractivity contribution in [2.75, 3.05) is 20.1 Å². The molecule has 1 fully saturated rings. The van der Waals surface area contributed by atoms with Crippen molar-refractivity contribution < 1.29 is 4.79 Å². The van der Waals surface area contributed by atoms with Crippen LogP contribution < -0.4 is 5.32 Å². The van der Waals surface area contributed by atoms with Crippen molar-refractivity contribution in [1.82, 2.24) is 10.2 Å². The van der Waals surface area contributed by atoms with E-state index in [1.807, 2.05) is 31.3 Å². The van der Waals surface area contributed by atoms with Crippen LogP contribution >= 0.6 is 11.6 Å². The average Bonchev–Trinajstić information content (AvgIpc) is 2.42. The van der Waals surface area contributed by atoms with Crippen molar-refractivity contribution in [2.45, 2.75) is 12.5 Å². The SMILES string of the molecule is CN1CCNC(c2cccc(Cl)c2)CC1=O.